The van der Waals surface area contributed by atoms with Crippen LogP contribution >= 0.6 is 0 Å². The summed E-state index contributed by atoms with van der Waals surface area (Å²) in [5.41, 5.74) is -7.89. The normalized spacial score (nSPS) is 35.3. The van der Waals surface area contributed by atoms with Crippen molar-refractivity contribution in [2.75, 3.05) is 46.8 Å². The van der Waals surface area contributed by atoms with Crippen LogP contribution < -0.4 is 0 Å². The van der Waals surface area contributed by atoms with Gasteiger partial charge in [-0.3, -0.25) is 52.7 Å². The third-order valence-electron chi connectivity index (χ3n) is 29.4. The molecule has 25 unspecified atom stereocenters. The molecule has 0 radical (unpaired) electrons. The third kappa shape index (κ3) is 17.4. The van der Waals surface area contributed by atoms with Crippen molar-refractivity contribution in [1.29, 1.82) is 5.26 Å². The highest BCUT2D eigenvalue weighted by Crippen LogP contribution is 2.69. The number of hydrogen-bond donors (Lipinski definition) is 0. The van der Waals surface area contributed by atoms with Crippen molar-refractivity contribution in [3.05, 3.63) is 0 Å². The largest absolute Gasteiger partial charge is 0.468 e. The highest BCUT2D eigenvalue weighted by atomic mass is 19.4. The van der Waals surface area contributed by atoms with E-state index in [4.69, 9.17) is 75.8 Å². The molecular formula is C86H116F3NO31. The van der Waals surface area contributed by atoms with Gasteiger partial charge in [-0.2, -0.15) is 18.4 Å². The fourth-order valence-electron chi connectivity index (χ4n) is 20.2. The van der Waals surface area contributed by atoms with E-state index in [1.54, 1.807) is 62.3 Å². The lowest BCUT2D eigenvalue weighted by molar-refractivity contribution is -0.231. The highest BCUT2D eigenvalue weighted by Gasteiger charge is 2.81. The smallest absolute Gasteiger partial charge is 0.405 e. The van der Waals surface area contributed by atoms with Crippen LogP contribution in [-0.4, -0.2) is 204 Å². The van der Waals surface area contributed by atoms with E-state index < -0.39 is 196 Å². The molecule has 0 aromatic heterocycles. The summed E-state index contributed by atoms with van der Waals surface area (Å²) >= 11 is 0. The number of alkyl halides is 3. The van der Waals surface area contributed by atoms with Gasteiger partial charge in [-0.15, -0.1) is 0 Å². The van der Waals surface area contributed by atoms with Crippen molar-refractivity contribution < 1.29 is 161 Å². The predicted molar refractivity (Wildman–Crippen MR) is 402 cm³/mol. The Labute approximate surface area is 700 Å². The first kappa shape index (κ1) is 93.0. The zero-order valence-corrected chi connectivity index (χ0v) is 71.7. The molecule has 0 N–H and O–H groups in total. The number of hydrogen-bond acceptors (Lipinski definition) is 32. The van der Waals surface area contributed by atoms with Gasteiger partial charge in [-0.05, 0) is 178 Å². The van der Waals surface area contributed by atoms with Gasteiger partial charge >= 0.3 is 95.7 Å². The van der Waals surface area contributed by atoms with Crippen LogP contribution in [0.4, 0.5) is 13.2 Å². The molecule has 16 rings (SSSR count). The van der Waals surface area contributed by atoms with Crippen LogP contribution in [-0.2, 0) is 148 Å². The van der Waals surface area contributed by atoms with Gasteiger partial charge in [0.1, 0.15) is 54.9 Å². The summed E-state index contributed by atoms with van der Waals surface area (Å²) in [4.78, 5) is 179. The van der Waals surface area contributed by atoms with E-state index in [1.807, 2.05) is 41.5 Å². The highest BCUT2D eigenvalue weighted by molar-refractivity contribution is 6.03. The molecular weight excluding hydrogens is 1600 g/mol. The van der Waals surface area contributed by atoms with Crippen molar-refractivity contribution in [3.8, 4) is 6.07 Å². The minimum absolute atomic E-state index is 0.00636. The van der Waals surface area contributed by atoms with Crippen molar-refractivity contribution >= 4 is 89.5 Å². The molecule has 11 aliphatic carbocycles. The van der Waals surface area contributed by atoms with Crippen LogP contribution in [0.15, 0.2) is 0 Å². The van der Waals surface area contributed by atoms with Crippen LogP contribution in [0, 0.1) is 126 Å². The van der Waals surface area contributed by atoms with Gasteiger partial charge in [0.25, 0.3) is 0 Å². The van der Waals surface area contributed by atoms with Gasteiger partial charge in [0.15, 0.2) is 42.7 Å². The topological polar surface area (TPSA) is 428 Å². The SMILES string of the molecule is CCC(C)(C)C(=O)OCC(=O)OC1C2CC3C(=O)OC1C3C2.CCC(C)(C)C(=O)OCC(=O)OC1C2CC3C1OC(=O)C3(C#N)C2.CCC(C)(C)C(=O)OCC(=O)OC1C2CC3C1OC(=O)C3(C(=O)OC)C2.CCC(C)(C)C(=O)OCC(=O)OC1C2CC3C1OC(=O)C3(C(F)(F)F)C2.CCC(C)(C)C(=O)OCCCOC1C2CCC3C(C2)C(=O)OC31. The van der Waals surface area contributed by atoms with Crippen molar-refractivity contribution in [3.63, 3.8) is 0 Å². The molecule has 16 aliphatic rings. The lowest BCUT2D eigenvalue weighted by Crippen LogP contribution is -2.49. The van der Waals surface area contributed by atoms with Crippen molar-refractivity contribution in [2.24, 2.45) is 114 Å². The molecule has 0 aromatic rings. The average molecular weight is 1720 g/mol. The van der Waals surface area contributed by atoms with Crippen LogP contribution in [0.3, 0.4) is 0 Å². The van der Waals surface area contributed by atoms with Gasteiger partial charge in [-0.1, -0.05) is 34.6 Å². The van der Waals surface area contributed by atoms with E-state index >= 15 is 0 Å². The minimum atomic E-state index is -4.69. The van der Waals surface area contributed by atoms with Gasteiger partial charge in [-0.25, -0.2) is 19.2 Å². The lowest BCUT2D eigenvalue weighted by atomic mass is 9.63. The first-order valence-corrected chi connectivity index (χ1v) is 42.5. The van der Waals surface area contributed by atoms with Crippen molar-refractivity contribution in [1.82, 2.24) is 0 Å². The Morgan fingerprint density at radius 2 is 0.793 bits per heavy atom. The molecule has 0 amide bonds. The van der Waals surface area contributed by atoms with Crippen LogP contribution in [0.5, 0.6) is 0 Å². The number of carbonyl (C=O) groups excluding carboxylic acids is 15. The molecule has 0 aromatic carbocycles. The molecule has 5 heterocycles. The fourth-order valence-corrected chi connectivity index (χ4v) is 20.2. The molecule has 0 spiro atoms. The van der Waals surface area contributed by atoms with Crippen LogP contribution in [0.1, 0.15) is 213 Å². The number of nitriles is 1. The molecule has 672 valence electrons. The molecule has 25 atom stereocenters. The van der Waals surface area contributed by atoms with E-state index in [1.165, 1.54) is 7.11 Å². The summed E-state index contributed by atoms with van der Waals surface area (Å²) < 4.78 is 124. The number of esters is 15. The number of methoxy groups -OCH3 is 1. The van der Waals surface area contributed by atoms with E-state index in [9.17, 15) is 90.4 Å². The van der Waals surface area contributed by atoms with Gasteiger partial charge in [0.2, 0.25) is 0 Å². The zero-order valence-electron chi connectivity index (χ0n) is 71.7. The maximum Gasteiger partial charge on any atom is 0.405 e. The van der Waals surface area contributed by atoms with Crippen LogP contribution in [0.25, 0.3) is 0 Å². The molecule has 5 saturated heterocycles. The number of ether oxygens (including phenoxy) is 16. The zero-order chi connectivity index (χ0) is 89.1. The summed E-state index contributed by atoms with van der Waals surface area (Å²) in [7, 11) is 1.24. The maximum atomic E-state index is 13.4. The van der Waals surface area contributed by atoms with Gasteiger partial charge in [0.05, 0.1) is 71.4 Å². The van der Waals surface area contributed by atoms with Gasteiger partial charge in [0, 0.05) is 59.7 Å². The first-order valence-electron chi connectivity index (χ1n) is 42.5. The van der Waals surface area contributed by atoms with E-state index in [0.29, 0.717) is 76.4 Å². The maximum absolute atomic E-state index is 13.4. The Hall–Kier alpha value is -8.71. The Balaban J connectivity index is 0.000000148. The monoisotopic (exact) mass is 1720 g/mol. The molecule has 16 fully saturated rings. The number of nitrogens with zero attached hydrogens (tertiary/aromatic N) is 1. The Morgan fingerprint density at radius 3 is 1.25 bits per heavy atom. The lowest BCUT2D eigenvalue weighted by Gasteiger charge is -2.44. The Kier molecular flexibility index (Phi) is 27.0. The second kappa shape index (κ2) is 35.1. The Bertz CT molecular complexity index is 4100. The molecule has 32 nitrogen and oxygen atoms in total. The third-order valence-corrected chi connectivity index (χ3v) is 29.4. The minimum Gasteiger partial charge on any atom is -0.468 e. The molecule has 121 heavy (non-hydrogen) atoms. The second-order valence-corrected chi connectivity index (χ2v) is 38.3. The molecule has 12 bridgehead atoms. The summed E-state index contributed by atoms with van der Waals surface area (Å²) in [6, 6.07) is 2.10. The molecule has 35 heteroatoms. The fraction of sp³-hybridized carbons (Fsp3) is 0.814. The van der Waals surface area contributed by atoms with E-state index in [0.717, 1.165) is 38.5 Å². The summed E-state index contributed by atoms with van der Waals surface area (Å²) in [5, 5.41) is 9.33. The standard InChI is InChI=1S/C18H24O8.C18H28O5.C17H21F3O6.C17H21NO6.C16H22O6/c1-5-17(2,3)14(20)24-8-11(19)25-12-9-6-10-13(12)26-16(22)18(10,7-9)15(21)23-4;1-4-18(2,3)17(20)22-9-5-8-21-14-11-6-7-12-13(10-11)16(19)23-15(12)14;1-4-15(2,3)13(22)24-7-10(21)25-11-8-5-9-12(11)26-14(23)16(9,6-8)17(18,19)20;1-4-16(2,3)14(20)22-7-11(19)23-12-9-5-10-13(12)24-15(21)17(10,6-9)8-18;1-4-16(2,3)15(19)20-7-11(17)21-12-8-5-9-10(6-8)14(18)22-13(9)12/h9-10,12-13H,5-8H2,1-4H3;11-15H,4-10H2,1-3H3;8-9,11-12H,4-7H2,1-3H3;9-10,12-13H,4-7H2,1-3H3;8-10,12-13H,4-7H2,1-3H3. The van der Waals surface area contributed by atoms with E-state index in [-0.39, 0.29) is 109 Å². The summed E-state index contributed by atoms with van der Waals surface area (Å²) in [5.74, 6) is -9.04. The predicted octanol–water partition coefficient (Wildman–Crippen LogP) is 8.92. The molecule has 5 aliphatic heterocycles. The average Bonchev–Trinajstić information content (AvgIpc) is 1.52. The number of rotatable bonds is 28. The first-order chi connectivity index (χ1) is 56.6. The summed E-state index contributed by atoms with van der Waals surface area (Å²) in [6.07, 6.45) is 0.316. The number of fused-ring (bicyclic) bond motifs is 5. The summed E-state index contributed by atoms with van der Waals surface area (Å²) in [6.45, 7) is 26.0. The quantitative estimate of drug-likeness (QED) is 0.0305. The molecule has 11 saturated carbocycles. The van der Waals surface area contributed by atoms with E-state index in [2.05, 4.69) is 6.07 Å². The van der Waals surface area contributed by atoms with Crippen LogP contribution in [0.2, 0.25) is 0 Å². The number of carbonyl (C=O) groups is 15. The van der Waals surface area contributed by atoms with Crippen molar-refractivity contribution in [2.45, 2.75) is 280 Å². The number of halogens is 3. The second-order valence-electron chi connectivity index (χ2n) is 38.3. The van der Waals surface area contributed by atoms with Gasteiger partial charge < -0.3 is 75.8 Å². The Morgan fingerprint density at radius 1 is 0.413 bits per heavy atom.